The number of amides is 1. The van der Waals surface area contributed by atoms with Gasteiger partial charge in [-0.05, 0) is 32.3 Å². The van der Waals surface area contributed by atoms with E-state index in [9.17, 15) is 4.79 Å². The second-order valence-corrected chi connectivity index (χ2v) is 5.18. The van der Waals surface area contributed by atoms with Crippen molar-refractivity contribution < 1.29 is 9.53 Å². The predicted molar refractivity (Wildman–Crippen MR) is 65.1 cm³/mol. The molecule has 0 aliphatic carbocycles. The van der Waals surface area contributed by atoms with Gasteiger partial charge in [0.25, 0.3) is 0 Å². The molecule has 0 unspecified atom stereocenters. The van der Waals surface area contributed by atoms with Crippen LogP contribution in [0.3, 0.4) is 0 Å². The molecule has 0 aliphatic heterocycles. The molecule has 0 aromatic rings. The lowest BCUT2D eigenvalue weighted by Crippen LogP contribution is -2.52. The standard InChI is InChI=1S/C10H22N2O2S/c1-10(2,7-14-3)12-9(13)8(11)5-6-15-4/h8H,5-7,11H2,1-4H3,(H,12,13)/t8-/m1/s1. The number of carbonyl (C=O) groups is 1. The molecule has 0 saturated heterocycles. The van der Waals surface area contributed by atoms with Crippen molar-refractivity contribution >= 4 is 17.7 Å². The molecular weight excluding hydrogens is 212 g/mol. The molecule has 0 fully saturated rings. The highest BCUT2D eigenvalue weighted by atomic mass is 32.2. The maximum Gasteiger partial charge on any atom is 0.237 e. The number of rotatable bonds is 7. The van der Waals surface area contributed by atoms with Crippen molar-refractivity contribution in [1.29, 1.82) is 0 Å². The highest BCUT2D eigenvalue weighted by molar-refractivity contribution is 7.98. The van der Waals surface area contributed by atoms with Crippen molar-refractivity contribution in [2.75, 3.05) is 25.7 Å². The Bertz CT molecular complexity index is 198. The maximum atomic E-state index is 11.6. The van der Waals surface area contributed by atoms with Gasteiger partial charge in [0.1, 0.15) is 0 Å². The van der Waals surface area contributed by atoms with Crippen molar-refractivity contribution in [2.45, 2.75) is 31.8 Å². The zero-order valence-electron chi connectivity index (χ0n) is 10.0. The summed E-state index contributed by atoms with van der Waals surface area (Å²) in [5.74, 6) is 0.797. The number of ether oxygens (including phenoxy) is 1. The first-order valence-corrected chi connectivity index (χ1v) is 6.38. The molecule has 0 aromatic heterocycles. The smallest absolute Gasteiger partial charge is 0.237 e. The summed E-state index contributed by atoms with van der Waals surface area (Å²) in [6.45, 7) is 4.30. The fourth-order valence-electron chi connectivity index (χ4n) is 1.20. The molecule has 0 spiro atoms. The number of hydrogen-bond donors (Lipinski definition) is 2. The van der Waals surface area contributed by atoms with Gasteiger partial charge in [-0.2, -0.15) is 11.8 Å². The molecule has 15 heavy (non-hydrogen) atoms. The van der Waals surface area contributed by atoms with E-state index in [1.165, 1.54) is 0 Å². The Morgan fingerprint density at radius 3 is 2.67 bits per heavy atom. The predicted octanol–water partition coefficient (Wildman–Crippen LogP) is 0.608. The van der Waals surface area contributed by atoms with Gasteiger partial charge >= 0.3 is 0 Å². The van der Waals surface area contributed by atoms with Crippen LogP contribution in [-0.2, 0) is 9.53 Å². The van der Waals surface area contributed by atoms with E-state index in [2.05, 4.69) is 5.32 Å². The lowest BCUT2D eigenvalue weighted by molar-refractivity contribution is -0.124. The molecule has 0 aliphatic rings. The Balaban J connectivity index is 4.00. The number of methoxy groups -OCH3 is 1. The minimum Gasteiger partial charge on any atom is -0.382 e. The van der Waals surface area contributed by atoms with Gasteiger partial charge in [0, 0.05) is 7.11 Å². The van der Waals surface area contributed by atoms with Gasteiger partial charge < -0.3 is 15.8 Å². The molecule has 0 saturated carbocycles. The van der Waals surface area contributed by atoms with Crippen LogP contribution in [0.4, 0.5) is 0 Å². The fraction of sp³-hybridized carbons (Fsp3) is 0.900. The van der Waals surface area contributed by atoms with Gasteiger partial charge in [0.2, 0.25) is 5.91 Å². The number of carbonyl (C=O) groups excluding carboxylic acids is 1. The number of hydrogen-bond acceptors (Lipinski definition) is 4. The molecular formula is C10H22N2O2S. The Hall–Kier alpha value is -0.260. The average Bonchev–Trinajstić information content (AvgIpc) is 2.13. The quantitative estimate of drug-likeness (QED) is 0.677. The van der Waals surface area contributed by atoms with Crippen molar-refractivity contribution in [1.82, 2.24) is 5.32 Å². The molecule has 0 bridgehead atoms. The first kappa shape index (κ1) is 14.7. The molecule has 1 amide bonds. The van der Waals surface area contributed by atoms with Crippen LogP contribution in [0.1, 0.15) is 20.3 Å². The van der Waals surface area contributed by atoms with Gasteiger partial charge in [-0.15, -0.1) is 0 Å². The zero-order chi connectivity index (χ0) is 11.9. The van der Waals surface area contributed by atoms with Crippen LogP contribution in [-0.4, -0.2) is 43.2 Å². The number of thioether (sulfide) groups is 1. The molecule has 0 aromatic carbocycles. The van der Waals surface area contributed by atoms with Gasteiger partial charge in [-0.3, -0.25) is 4.79 Å². The van der Waals surface area contributed by atoms with Crippen LogP contribution in [0.15, 0.2) is 0 Å². The SMILES string of the molecule is COCC(C)(C)NC(=O)[C@H](N)CCSC. The first-order valence-electron chi connectivity index (χ1n) is 4.98. The molecule has 4 nitrogen and oxygen atoms in total. The molecule has 0 heterocycles. The van der Waals surface area contributed by atoms with E-state index < -0.39 is 6.04 Å². The topological polar surface area (TPSA) is 64.3 Å². The van der Waals surface area contributed by atoms with Crippen molar-refractivity contribution in [3.8, 4) is 0 Å². The summed E-state index contributed by atoms with van der Waals surface area (Å²) >= 11 is 1.69. The van der Waals surface area contributed by atoms with E-state index in [1.807, 2.05) is 20.1 Å². The molecule has 0 radical (unpaired) electrons. The third-order valence-electron chi connectivity index (χ3n) is 1.94. The van der Waals surface area contributed by atoms with E-state index in [4.69, 9.17) is 10.5 Å². The van der Waals surface area contributed by atoms with Gasteiger partial charge in [-0.1, -0.05) is 0 Å². The molecule has 90 valence electrons. The van der Waals surface area contributed by atoms with Crippen molar-refractivity contribution in [2.24, 2.45) is 5.73 Å². The summed E-state index contributed by atoms with van der Waals surface area (Å²) in [6, 6.07) is -0.423. The lowest BCUT2D eigenvalue weighted by Gasteiger charge is -2.26. The summed E-state index contributed by atoms with van der Waals surface area (Å²) in [4.78, 5) is 11.6. The lowest BCUT2D eigenvalue weighted by atomic mass is 10.1. The van der Waals surface area contributed by atoms with E-state index in [0.29, 0.717) is 13.0 Å². The van der Waals surface area contributed by atoms with Crippen molar-refractivity contribution in [3.05, 3.63) is 0 Å². The summed E-state index contributed by atoms with van der Waals surface area (Å²) in [5.41, 5.74) is 5.38. The van der Waals surface area contributed by atoms with Gasteiger partial charge in [0.05, 0.1) is 18.2 Å². The van der Waals surface area contributed by atoms with E-state index >= 15 is 0 Å². The number of nitrogens with one attached hydrogen (secondary N) is 1. The largest absolute Gasteiger partial charge is 0.382 e. The molecule has 0 rings (SSSR count). The van der Waals surface area contributed by atoms with Crippen LogP contribution in [0.2, 0.25) is 0 Å². The minimum absolute atomic E-state index is 0.105. The van der Waals surface area contributed by atoms with E-state index in [1.54, 1.807) is 18.9 Å². The second kappa shape index (κ2) is 7.09. The van der Waals surface area contributed by atoms with Crippen LogP contribution >= 0.6 is 11.8 Å². The van der Waals surface area contributed by atoms with Crippen LogP contribution in [0.5, 0.6) is 0 Å². The van der Waals surface area contributed by atoms with Gasteiger partial charge in [-0.25, -0.2) is 0 Å². The third-order valence-corrected chi connectivity index (χ3v) is 2.58. The number of nitrogens with two attached hydrogens (primary N) is 1. The molecule has 5 heteroatoms. The first-order chi connectivity index (χ1) is 6.93. The summed E-state index contributed by atoms with van der Waals surface area (Å²) in [7, 11) is 1.61. The van der Waals surface area contributed by atoms with E-state index in [0.717, 1.165) is 5.75 Å². The Labute approximate surface area is 96.3 Å². The molecule has 1 atom stereocenters. The normalized spacial score (nSPS) is 13.7. The highest BCUT2D eigenvalue weighted by Gasteiger charge is 2.23. The third kappa shape index (κ3) is 6.76. The maximum absolute atomic E-state index is 11.6. The Kier molecular flexibility index (Phi) is 6.96. The Morgan fingerprint density at radius 2 is 2.20 bits per heavy atom. The minimum atomic E-state index is -0.423. The average molecular weight is 234 g/mol. The zero-order valence-corrected chi connectivity index (χ0v) is 10.8. The molecule has 3 N–H and O–H groups in total. The highest BCUT2D eigenvalue weighted by Crippen LogP contribution is 2.04. The van der Waals surface area contributed by atoms with Crippen LogP contribution in [0.25, 0.3) is 0 Å². The van der Waals surface area contributed by atoms with Crippen LogP contribution < -0.4 is 11.1 Å². The summed E-state index contributed by atoms with van der Waals surface area (Å²) < 4.78 is 5.01. The fourth-order valence-corrected chi connectivity index (χ4v) is 1.69. The summed E-state index contributed by atoms with van der Waals surface area (Å²) in [5, 5.41) is 2.87. The van der Waals surface area contributed by atoms with Gasteiger partial charge in [0.15, 0.2) is 0 Å². The second-order valence-electron chi connectivity index (χ2n) is 4.19. The Morgan fingerprint density at radius 1 is 1.60 bits per heavy atom. The van der Waals surface area contributed by atoms with Crippen LogP contribution in [0, 0.1) is 0 Å². The van der Waals surface area contributed by atoms with E-state index in [-0.39, 0.29) is 11.4 Å². The van der Waals surface area contributed by atoms with Crippen molar-refractivity contribution in [3.63, 3.8) is 0 Å². The summed E-state index contributed by atoms with van der Waals surface area (Å²) in [6.07, 6.45) is 2.70. The monoisotopic (exact) mass is 234 g/mol.